The topological polar surface area (TPSA) is 29.1 Å². The molecule has 1 aromatic rings. The third-order valence-corrected chi connectivity index (χ3v) is 2.47. The van der Waals surface area contributed by atoms with E-state index in [2.05, 4.69) is 37.4 Å². The van der Waals surface area contributed by atoms with Crippen LogP contribution in [0.1, 0.15) is 30.5 Å². The molecule has 0 heterocycles. The Hall–Kier alpha value is -1.31. The van der Waals surface area contributed by atoms with Crippen LogP contribution in [0.3, 0.4) is 0 Å². The maximum atomic E-state index is 10.9. The molecule has 2 nitrogen and oxygen atoms in total. The minimum Gasteiger partial charge on any atom is -0.354 e. The summed E-state index contributed by atoms with van der Waals surface area (Å²) in [5, 5.41) is 2.89. The van der Waals surface area contributed by atoms with E-state index in [0.29, 0.717) is 0 Å². The molecule has 15 heavy (non-hydrogen) atoms. The number of carbonyl (C=O) groups is 1. The van der Waals surface area contributed by atoms with Crippen molar-refractivity contribution in [2.24, 2.45) is 0 Å². The first kappa shape index (κ1) is 11.8. The maximum absolute atomic E-state index is 10.9. The van der Waals surface area contributed by atoms with Crippen LogP contribution in [0.25, 0.3) is 0 Å². The van der Waals surface area contributed by atoms with Crippen LogP contribution in [-0.4, -0.2) is 11.9 Å². The van der Waals surface area contributed by atoms with Crippen LogP contribution in [0, 0.1) is 13.8 Å². The fourth-order valence-electron chi connectivity index (χ4n) is 1.80. The average Bonchev–Trinajstić information content (AvgIpc) is 2.08. The predicted molar refractivity (Wildman–Crippen MR) is 62.9 cm³/mol. The molecule has 0 radical (unpaired) electrons. The Morgan fingerprint density at radius 3 is 2.60 bits per heavy atom. The number of nitrogens with one attached hydrogen (secondary N) is 1. The standard InChI is InChI=1S/C13H19NO/c1-9-5-6-13(10(2)7-9)8-11(3)14-12(4)15/h5-7,11H,8H2,1-4H3,(H,14,15). The number of hydrogen-bond acceptors (Lipinski definition) is 1. The first-order chi connectivity index (χ1) is 6.99. The lowest BCUT2D eigenvalue weighted by Crippen LogP contribution is -2.32. The highest BCUT2D eigenvalue weighted by molar-refractivity contribution is 5.73. The zero-order valence-corrected chi connectivity index (χ0v) is 9.92. The van der Waals surface area contributed by atoms with Gasteiger partial charge in [-0.05, 0) is 38.3 Å². The van der Waals surface area contributed by atoms with Gasteiger partial charge in [-0.15, -0.1) is 0 Å². The molecule has 1 rings (SSSR count). The van der Waals surface area contributed by atoms with Gasteiger partial charge in [-0.2, -0.15) is 0 Å². The molecular weight excluding hydrogens is 186 g/mol. The molecule has 0 saturated heterocycles. The molecule has 0 aliphatic carbocycles. The minimum atomic E-state index is 0.0345. The predicted octanol–water partition coefficient (Wildman–Crippen LogP) is 2.37. The van der Waals surface area contributed by atoms with Gasteiger partial charge >= 0.3 is 0 Å². The number of benzene rings is 1. The van der Waals surface area contributed by atoms with E-state index in [1.54, 1.807) is 6.92 Å². The third-order valence-electron chi connectivity index (χ3n) is 2.47. The van der Waals surface area contributed by atoms with E-state index in [-0.39, 0.29) is 11.9 Å². The highest BCUT2D eigenvalue weighted by Crippen LogP contribution is 2.12. The van der Waals surface area contributed by atoms with Crippen molar-refractivity contribution >= 4 is 5.91 Å². The van der Waals surface area contributed by atoms with Crippen molar-refractivity contribution in [3.05, 3.63) is 34.9 Å². The van der Waals surface area contributed by atoms with Crippen molar-refractivity contribution in [3.8, 4) is 0 Å². The lowest BCUT2D eigenvalue weighted by atomic mass is 10.00. The smallest absolute Gasteiger partial charge is 0.217 e. The molecule has 0 fully saturated rings. The van der Waals surface area contributed by atoms with Gasteiger partial charge in [-0.25, -0.2) is 0 Å². The molecule has 1 atom stereocenters. The number of rotatable bonds is 3. The second-order valence-electron chi connectivity index (χ2n) is 4.24. The Balaban J connectivity index is 2.68. The molecule has 0 bridgehead atoms. The number of carbonyl (C=O) groups excluding carboxylic acids is 1. The normalized spacial score (nSPS) is 12.3. The average molecular weight is 205 g/mol. The van der Waals surface area contributed by atoms with Crippen LogP contribution in [0.15, 0.2) is 18.2 Å². The lowest BCUT2D eigenvalue weighted by Gasteiger charge is -2.14. The first-order valence-corrected chi connectivity index (χ1v) is 5.32. The second-order valence-corrected chi connectivity index (χ2v) is 4.24. The van der Waals surface area contributed by atoms with Crippen molar-refractivity contribution in [2.75, 3.05) is 0 Å². The number of hydrogen-bond donors (Lipinski definition) is 1. The van der Waals surface area contributed by atoms with E-state index in [1.165, 1.54) is 16.7 Å². The summed E-state index contributed by atoms with van der Waals surface area (Å²) in [5.41, 5.74) is 3.89. The summed E-state index contributed by atoms with van der Waals surface area (Å²) in [6.07, 6.45) is 0.895. The van der Waals surface area contributed by atoms with Crippen molar-refractivity contribution in [1.29, 1.82) is 0 Å². The Morgan fingerprint density at radius 2 is 2.07 bits per heavy atom. The third kappa shape index (κ3) is 3.74. The highest BCUT2D eigenvalue weighted by Gasteiger charge is 2.06. The summed E-state index contributed by atoms with van der Waals surface area (Å²) >= 11 is 0. The molecule has 1 N–H and O–H groups in total. The van der Waals surface area contributed by atoms with E-state index < -0.39 is 0 Å². The van der Waals surface area contributed by atoms with Gasteiger partial charge in [0.05, 0.1) is 0 Å². The Morgan fingerprint density at radius 1 is 1.40 bits per heavy atom. The van der Waals surface area contributed by atoms with Gasteiger partial charge < -0.3 is 5.32 Å². The van der Waals surface area contributed by atoms with Gasteiger partial charge in [-0.3, -0.25) is 4.79 Å². The summed E-state index contributed by atoms with van der Waals surface area (Å²) in [6.45, 7) is 7.79. The van der Waals surface area contributed by atoms with Gasteiger partial charge in [-0.1, -0.05) is 23.8 Å². The SMILES string of the molecule is CC(=O)NC(C)Cc1ccc(C)cc1C. The summed E-state index contributed by atoms with van der Waals surface area (Å²) in [6, 6.07) is 6.63. The van der Waals surface area contributed by atoms with Crippen LogP contribution < -0.4 is 5.32 Å². The molecule has 0 aliphatic heterocycles. The first-order valence-electron chi connectivity index (χ1n) is 5.32. The summed E-state index contributed by atoms with van der Waals surface area (Å²) in [5.74, 6) is 0.0345. The highest BCUT2D eigenvalue weighted by atomic mass is 16.1. The summed E-state index contributed by atoms with van der Waals surface area (Å²) in [7, 11) is 0. The minimum absolute atomic E-state index is 0.0345. The Labute approximate surface area is 91.7 Å². The van der Waals surface area contributed by atoms with Gasteiger partial charge in [0.1, 0.15) is 0 Å². The van der Waals surface area contributed by atoms with E-state index in [0.717, 1.165) is 6.42 Å². The lowest BCUT2D eigenvalue weighted by molar-refractivity contribution is -0.119. The van der Waals surface area contributed by atoms with E-state index in [1.807, 2.05) is 6.92 Å². The Bertz CT molecular complexity index is 358. The van der Waals surface area contributed by atoms with Crippen molar-refractivity contribution in [1.82, 2.24) is 5.32 Å². The summed E-state index contributed by atoms with van der Waals surface area (Å²) < 4.78 is 0. The monoisotopic (exact) mass is 205 g/mol. The fraction of sp³-hybridized carbons (Fsp3) is 0.462. The van der Waals surface area contributed by atoms with E-state index in [4.69, 9.17) is 0 Å². The molecule has 1 aromatic carbocycles. The zero-order valence-electron chi connectivity index (χ0n) is 9.92. The van der Waals surface area contributed by atoms with E-state index in [9.17, 15) is 4.79 Å². The molecule has 2 heteroatoms. The van der Waals surface area contributed by atoms with E-state index >= 15 is 0 Å². The largest absolute Gasteiger partial charge is 0.354 e. The van der Waals surface area contributed by atoms with Gasteiger partial charge in [0, 0.05) is 13.0 Å². The quantitative estimate of drug-likeness (QED) is 0.806. The molecular formula is C13H19NO. The number of amides is 1. The van der Waals surface area contributed by atoms with Crippen molar-refractivity contribution in [3.63, 3.8) is 0 Å². The Kier molecular flexibility index (Phi) is 3.89. The molecule has 0 aromatic heterocycles. The number of aryl methyl sites for hydroxylation is 2. The van der Waals surface area contributed by atoms with Crippen LogP contribution in [0.2, 0.25) is 0 Å². The molecule has 0 saturated carbocycles. The molecule has 0 spiro atoms. The second kappa shape index (κ2) is 4.96. The summed E-state index contributed by atoms with van der Waals surface area (Å²) in [4.78, 5) is 10.9. The van der Waals surface area contributed by atoms with Crippen molar-refractivity contribution in [2.45, 2.75) is 40.2 Å². The molecule has 1 amide bonds. The van der Waals surface area contributed by atoms with Gasteiger partial charge in [0.25, 0.3) is 0 Å². The van der Waals surface area contributed by atoms with Crippen LogP contribution in [0.4, 0.5) is 0 Å². The molecule has 82 valence electrons. The maximum Gasteiger partial charge on any atom is 0.217 e. The van der Waals surface area contributed by atoms with Gasteiger partial charge in [0.15, 0.2) is 0 Å². The van der Waals surface area contributed by atoms with Gasteiger partial charge in [0.2, 0.25) is 5.91 Å². The van der Waals surface area contributed by atoms with Crippen molar-refractivity contribution < 1.29 is 4.79 Å². The molecule has 1 unspecified atom stereocenters. The molecule has 0 aliphatic rings. The van der Waals surface area contributed by atoms with Crippen LogP contribution in [0.5, 0.6) is 0 Å². The fourth-order valence-corrected chi connectivity index (χ4v) is 1.80. The van der Waals surface area contributed by atoms with Crippen LogP contribution in [-0.2, 0) is 11.2 Å². The zero-order chi connectivity index (χ0) is 11.4. The van der Waals surface area contributed by atoms with Crippen LogP contribution >= 0.6 is 0 Å².